The molecule has 0 unspecified atom stereocenters. The highest BCUT2D eigenvalue weighted by atomic mass is 19.1. The Hall–Kier alpha value is -3.78. The van der Waals surface area contributed by atoms with Gasteiger partial charge in [-0.15, -0.1) is 0 Å². The minimum absolute atomic E-state index is 0.294. The van der Waals surface area contributed by atoms with Crippen LogP contribution in [-0.2, 0) is 4.74 Å². The first-order chi connectivity index (χ1) is 14.6. The average molecular weight is 405 g/mol. The number of fused-ring (bicyclic) bond motifs is 1. The van der Waals surface area contributed by atoms with E-state index in [1.165, 1.54) is 12.1 Å². The maximum Gasteiger partial charge on any atom is 0.320 e. The van der Waals surface area contributed by atoms with Gasteiger partial charge in [0, 0.05) is 30.3 Å². The fourth-order valence-corrected chi connectivity index (χ4v) is 3.19. The molecule has 0 aliphatic carbocycles. The number of aromatic nitrogens is 3. The minimum atomic E-state index is -0.397. The molecular weight excluding hydrogens is 385 g/mol. The molecule has 0 saturated carbocycles. The maximum absolute atomic E-state index is 13.2. The molecule has 2 amide bonds. The Morgan fingerprint density at radius 2 is 1.93 bits per heavy atom. The van der Waals surface area contributed by atoms with Gasteiger partial charge in [0.2, 0.25) is 0 Å². The van der Waals surface area contributed by atoms with Crippen molar-refractivity contribution in [3.8, 4) is 11.3 Å². The summed E-state index contributed by atoms with van der Waals surface area (Å²) in [6, 6.07) is 16.7. The van der Waals surface area contributed by atoms with Crippen LogP contribution in [0.5, 0.6) is 0 Å². The number of aromatic amines is 1. The number of benzene rings is 2. The van der Waals surface area contributed by atoms with Gasteiger partial charge in [0.1, 0.15) is 17.3 Å². The van der Waals surface area contributed by atoms with Crippen molar-refractivity contribution < 1.29 is 13.9 Å². The number of hydrogen-bond donors (Lipinski definition) is 3. The molecule has 30 heavy (non-hydrogen) atoms. The number of H-pyrrole nitrogens is 1. The van der Waals surface area contributed by atoms with E-state index in [1.807, 2.05) is 30.3 Å². The van der Waals surface area contributed by atoms with Crippen LogP contribution in [0.15, 0.2) is 66.9 Å². The first kappa shape index (κ1) is 19.5. The number of hydrogen-bond acceptors (Lipinski definition) is 4. The third kappa shape index (κ3) is 4.28. The van der Waals surface area contributed by atoms with Crippen molar-refractivity contribution in [1.29, 1.82) is 0 Å². The summed E-state index contributed by atoms with van der Waals surface area (Å²) < 4.78 is 18.4. The number of anilines is 1. The molecule has 1 atom stereocenters. The second kappa shape index (κ2) is 8.71. The van der Waals surface area contributed by atoms with E-state index < -0.39 is 6.03 Å². The predicted octanol–water partition coefficient (Wildman–Crippen LogP) is 4.27. The number of pyridine rings is 1. The molecule has 0 aliphatic rings. The number of rotatable bonds is 6. The monoisotopic (exact) mass is 405 g/mol. The second-order valence-electron chi connectivity index (χ2n) is 6.71. The summed E-state index contributed by atoms with van der Waals surface area (Å²) in [5.41, 5.74) is 3.08. The Morgan fingerprint density at radius 1 is 1.17 bits per heavy atom. The van der Waals surface area contributed by atoms with Crippen LogP contribution >= 0.6 is 0 Å². The smallest absolute Gasteiger partial charge is 0.320 e. The van der Waals surface area contributed by atoms with Crippen molar-refractivity contribution in [2.45, 2.75) is 6.04 Å². The van der Waals surface area contributed by atoms with Gasteiger partial charge in [-0.2, -0.15) is 5.10 Å². The molecule has 2 heterocycles. The maximum atomic E-state index is 13.2. The molecule has 3 N–H and O–H groups in total. The van der Waals surface area contributed by atoms with Crippen LogP contribution in [0.3, 0.4) is 0 Å². The van der Waals surface area contributed by atoms with E-state index in [0.29, 0.717) is 23.6 Å². The molecule has 0 saturated heterocycles. The van der Waals surface area contributed by atoms with E-state index in [0.717, 1.165) is 16.5 Å². The number of ether oxygens (including phenoxy) is 1. The highest BCUT2D eigenvalue weighted by Gasteiger charge is 2.15. The lowest BCUT2D eigenvalue weighted by atomic mass is 10.1. The van der Waals surface area contributed by atoms with Crippen molar-refractivity contribution >= 4 is 22.8 Å². The highest BCUT2D eigenvalue weighted by molar-refractivity contribution is 5.95. The zero-order valence-electron chi connectivity index (χ0n) is 16.2. The Labute approximate surface area is 172 Å². The first-order valence-electron chi connectivity index (χ1n) is 9.35. The number of carbonyl (C=O) groups is 1. The molecule has 2 aromatic carbocycles. The van der Waals surface area contributed by atoms with E-state index in [9.17, 15) is 9.18 Å². The van der Waals surface area contributed by atoms with Crippen molar-refractivity contribution in [1.82, 2.24) is 20.5 Å². The molecule has 7 nitrogen and oxygen atoms in total. The van der Waals surface area contributed by atoms with Crippen molar-refractivity contribution in [2.75, 3.05) is 19.0 Å². The van der Waals surface area contributed by atoms with Crippen molar-refractivity contribution in [3.05, 3.63) is 78.2 Å². The quantitative estimate of drug-likeness (QED) is 0.447. The number of carbonyl (C=O) groups excluding carboxylic acids is 1. The highest BCUT2D eigenvalue weighted by Crippen LogP contribution is 2.27. The predicted molar refractivity (Wildman–Crippen MR) is 112 cm³/mol. The van der Waals surface area contributed by atoms with E-state index in [-0.39, 0.29) is 11.9 Å². The molecule has 0 radical (unpaired) electrons. The molecule has 0 fully saturated rings. The lowest BCUT2D eigenvalue weighted by Gasteiger charge is -2.18. The summed E-state index contributed by atoms with van der Waals surface area (Å²) >= 11 is 0. The molecule has 4 aromatic rings. The summed E-state index contributed by atoms with van der Waals surface area (Å²) in [6.07, 6.45) is 1.62. The zero-order chi connectivity index (χ0) is 20.9. The topological polar surface area (TPSA) is 91.9 Å². The third-order valence-electron chi connectivity index (χ3n) is 4.65. The minimum Gasteiger partial charge on any atom is -0.382 e. The summed E-state index contributed by atoms with van der Waals surface area (Å²) in [5.74, 6) is 0.0648. The number of halogens is 1. The number of nitrogens with zero attached hydrogens (tertiary/aromatic N) is 2. The van der Waals surface area contributed by atoms with Gasteiger partial charge in [0.05, 0.1) is 18.2 Å². The Morgan fingerprint density at radius 3 is 2.67 bits per heavy atom. The molecular formula is C22H20FN5O2. The zero-order valence-corrected chi connectivity index (χ0v) is 16.2. The summed E-state index contributed by atoms with van der Waals surface area (Å²) in [7, 11) is 1.59. The molecule has 152 valence electrons. The van der Waals surface area contributed by atoms with Gasteiger partial charge in [-0.25, -0.2) is 14.2 Å². The van der Waals surface area contributed by atoms with Crippen LogP contribution in [0.25, 0.3) is 22.2 Å². The SMILES string of the molecule is COC[C@H](NC(=O)Nc1cc2[nH]nc(-c3ccc(F)cc3)c2cn1)c1ccccc1. The van der Waals surface area contributed by atoms with Crippen LogP contribution in [0.1, 0.15) is 11.6 Å². The van der Waals surface area contributed by atoms with Crippen LogP contribution in [0, 0.1) is 5.82 Å². The lowest BCUT2D eigenvalue weighted by Crippen LogP contribution is -2.35. The Kier molecular flexibility index (Phi) is 5.67. The molecule has 0 bridgehead atoms. The van der Waals surface area contributed by atoms with Gasteiger partial charge < -0.3 is 10.1 Å². The first-order valence-corrected chi connectivity index (χ1v) is 9.35. The molecule has 8 heteroatoms. The Balaban J connectivity index is 1.49. The molecule has 2 aromatic heterocycles. The van der Waals surface area contributed by atoms with Crippen LogP contribution in [0.4, 0.5) is 15.0 Å². The largest absolute Gasteiger partial charge is 0.382 e. The normalized spacial score (nSPS) is 11.9. The van der Waals surface area contributed by atoms with E-state index in [1.54, 1.807) is 31.5 Å². The van der Waals surface area contributed by atoms with Gasteiger partial charge in [-0.05, 0) is 29.8 Å². The van der Waals surface area contributed by atoms with Gasteiger partial charge in [0.15, 0.2) is 0 Å². The second-order valence-corrected chi connectivity index (χ2v) is 6.71. The van der Waals surface area contributed by atoms with E-state index >= 15 is 0 Å². The number of methoxy groups -OCH3 is 1. The lowest BCUT2D eigenvalue weighted by molar-refractivity contribution is 0.168. The number of urea groups is 1. The molecule has 0 spiro atoms. The Bertz CT molecular complexity index is 1150. The number of amides is 2. The third-order valence-corrected chi connectivity index (χ3v) is 4.65. The summed E-state index contributed by atoms with van der Waals surface area (Å²) in [4.78, 5) is 16.8. The van der Waals surface area contributed by atoms with E-state index in [2.05, 4.69) is 25.8 Å². The van der Waals surface area contributed by atoms with Gasteiger partial charge in [-0.3, -0.25) is 10.4 Å². The van der Waals surface area contributed by atoms with Gasteiger partial charge >= 0.3 is 6.03 Å². The van der Waals surface area contributed by atoms with E-state index in [4.69, 9.17) is 4.74 Å². The van der Waals surface area contributed by atoms with Crippen molar-refractivity contribution in [3.63, 3.8) is 0 Å². The van der Waals surface area contributed by atoms with Crippen LogP contribution in [-0.4, -0.2) is 34.9 Å². The average Bonchev–Trinajstić information content (AvgIpc) is 3.18. The number of nitrogens with one attached hydrogen (secondary N) is 3. The fraction of sp³-hybridized carbons (Fsp3) is 0.136. The van der Waals surface area contributed by atoms with Crippen molar-refractivity contribution in [2.24, 2.45) is 0 Å². The standard InChI is InChI=1S/C22H20FN5O2/c1-30-13-19(14-5-3-2-4-6-14)25-22(29)26-20-11-18-17(12-24-20)21(28-27-18)15-7-9-16(23)10-8-15/h2-12,19H,13H2,1H3,(H,27,28)(H2,24,25,26,29)/t19-/m0/s1. The summed E-state index contributed by atoms with van der Waals surface area (Å²) in [6.45, 7) is 0.339. The summed E-state index contributed by atoms with van der Waals surface area (Å²) in [5, 5.41) is 13.6. The van der Waals surface area contributed by atoms with Gasteiger partial charge in [-0.1, -0.05) is 30.3 Å². The van der Waals surface area contributed by atoms with Crippen LogP contribution in [0.2, 0.25) is 0 Å². The molecule has 0 aliphatic heterocycles. The van der Waals surface area contributed by atoms with Gasteiger partial charge in [0.25, 0.3) is 0 Å². The van der Waals surface area contributed by atoms with Crippen LogP contribution < -0.4 is 10.6 Å². The molecule has 4 rings (SSSR count). The fourth-order valence-electron chi connectivity index (χ4n) is 3.19.